The first-order valence-corrected chi connectivity index (χ1v) is 10.2. The molecule has 0 aliphatic rings. The highest BCUT2D eigenvalue weighted by molar-refractivity contribution is 7.89. The van der Waals surface area contributed by atoms with E-state index in [0.29, 0.717) is 6.07 Å². The number of benzene rings is 2. The third-order valence-corrected chi connectivity index (χ3v) is 5.42. The Labute approximate surface area is 175 Å². The molecular weight excluding hydrogens is 449 g/mol. The number of sulfonamides is 1. The molecule has 2 rings (SSSR count). The summed E-state index contributed by atoms with van der Waals surface area (Å²) in [7, 11) is -3.95. The fourth-order valence-corrected chi connectivity index (χ4v) is 3.41. The van der Waals surface area contributed by atoms with Crippen LogP contribution < -0.4 is 10.0 Å². The second kappa shape index (κ2) is 9.45. The quantitative estimate of drug-likeness (QED) is 0.613. The molecule has 0 saturated heterocycles. The molecule has 0 bridgehead atoms. The zero-order valence-corrected chi connectivity index (χ0v) is 16.9. The molecule has 2 N–H and O–H groups in total. The van der Waals surface area contributed by atoms with Crippen LogP contribution in [0.2, 0.25) is 5.02 Å². The van der Waals surface area contributed by atoms with Crippen molar-refractivity contribution in [1.29, 1.82) is 0 Å². The topological polar surface area (TPSA) is 102 Å². The summed E-state index contributed by atoms with van der Waals surface area (Å²) >= 11 is 5.51. The zero-order valence-electron chi connectivity index (χ0n) is 15.4. The first kappa shape index (κ1) is 23.6. The van der Waals surface area contributed by atoms with Gasteiger partial charge in [-0.05, 0) is 37.3 Å². The number of halogens is 4. The minimum absolute atomic E-state index is 0.0631. The number of hydrogen-bond donors (Lipinski definition) is 2. The van der Waals surface area contributed by atoms with Crippen molar-refractivity contribution in [2.75, 3.05) is 11.9 Å². The second-order valence-corrected chi connectivity index (χ2v) is 8.13. The molecule has 0 heterocycles. The minimum atomic E-state index is -4.72. The Hall–Kier alpha value is -2.63. The maximum Gasteiger partial charge on any atom is 0.417 e. The summed E-state index contributed by atoms with van der Waals surface area (Å²) in [6.45, 7) is 0.438. The zero-order chi connectivity index (χ0) is 22.5. The first-order valence-electron chi connectivity index (χ1n) is 8.32. The van der Waals surface area contributed by atoms with Gasteiger partial charge in [0.1, 0.15) is 6.54 Å². The normalized spacial score (nSPS) is 12.8. The third-order valence-electron chi connectivity index (χ3n) is 3.68. The van der Waals surface area contributed by atoms with E-state index >= 15 is 0 Å². The minimum Gasteiger partial charge on any atom is -0.452 e. The molecule has 162 valence electrons. The average molecular weight is 465 g/mol. The van der Waals surface area contributed by atoms with Crippen molar-refractivity contribution in [3.63, 3.8) is 0 Å². The highest BCUT2D eigenvalue weighted by Crippen LogP contribution is 2.36. The van der Waals surface area contributed by atoms with Crippen molar-refractivity contribution >= 4 is 39.2 Å². The number of rotatable bonds is 7. The Kier molecular flexibility index (Phi) is 7.45. The monoisotopic (exact) mass is 464 g/mol. The SMILES string of the molecule is C[C@@H](OC(=O)CNS(=O)(=O)c1ccccc1)C(=O)Nc1ccc(Cl)c(C(F)(F)F)c1. The average Bonchev–Trinajstić information content (AvgIpc) is 2.67. The van der Waals surface area contributed by atoms with Gasteiger partial charge in [0.25, 0.3) is 5.91 Å². The van der Waals surface area contributed by atoms with Gasteiger partial charge in [-0.25, -0.2) is 8.42 Å². The Balaban J connectivity index is 1.94. The van der Waals surface area contributed by atoms with Crippen molar-refractivity contribution < 1.29 is 35.9 Å². The van der Waals surface area contributed by atoms with Crippen LogP contribution in [-0.4, -0.2) is 32.9 Å². The third kappa shape index (κ3) is 6.44. The van der Waals surface area contributed by atoms with Gasteiger partial charge in [-0.3, -0.25) is 9.59 Å². The summed E-state index contributed by atoms with van der Waals surface area (Å²) in [5.41, 5.74) is -1.34. The molecule has 0 spiro atoms. The van der Waals surface area contributed by atoms with Crippen molar-refractivity contribution in [1.82, 2.24) is 4.72 Å². The van der Waals surface area contributed by atoms with Crippen LogP contribution in [0.15, 0.2) is 53.4 Å². The van der Waals surface area contributed by atoms with E-state index in [2.05, 4.69) is 5.32 Å². The van der Waals surface area contributed by atoms with Gasteiger partial charge in [0.2, 0.25) is 10.0 Å². The van der Waals surface area contributed by atoms with Crippen LogP contribution in [0, 0.1) is 0 Å². The fourth-order valence-electron chi connectivity index (χ4n) is 2.19. The molecule has 1 atom stereocenters. The summed E-state index contributed by atoms with van der Waals surface area (Å²) in [4.78, 5) is 23.8. The van der Waals surface area contributed by atoms with E-state index in [-0.39, 0.29) is 10.6 Å². The lowest BCUT2D eigenvalue weighted by molar-refractivity contribution is -0.151. The number of carbonyl (C=O) groups is 2. The molecule has 1 amide bonds. The lowest BCUT2D eigenvalue weighted by Crippen LogP contribution is -2.35. The number of alkyl halides is 3. The number of anilines is 1. The Bertz CT molecular complexity index is 1030. The predicted octanol–water partition coefficient (Wildman–Crippen LogP) is 3.21. The van der Waals surface area contributed by atoms with Crippen molar-refractivity contribution in [2.45, 2.75) is 24.1 Å². The maximum absolute atomic E-state index is 12.9. The van der Waals surface area contributed by atoms with Crippen LogP contribution in [0.25, 0.3) is 0 Å². The summed E-state index contributed by atoms with van der Waals surface area (Å²) in [5.74, 6) is -1.96. The number of esters is 1. The van der Waals surface area contributed by atoms with Gasteiger partial charge in [0.15, 0.2) is 6.10 Å². The van der Waals surface area contributed by atoms with Gasteiger partial charge in [0, 0.05) is 5.69 Å². The van der Waals surface area contributed by atoms with Gasteiger partial charge in [-0.2, -0.15) is 17.9 Å². The van der Waals surface area contributed by atoms with Crippen LogP contribution in [0.5, 0.6) is 0 Å². The Morgan fingerprint density at radius 1 is 1.13 bits per heavy atom. The van der Waals surface area contributed by atoms with Gasteiger partial charge in [-0.15, -0.1) is 0 Å². The lowest BCUT2D eigenvalue weighted by atomic mass is 10.2. The molecule has 0 aliphatic heterocycles. The van der Waals surface area contributed by atoms with E-state index in [1.807, 2.05) is 4.72 Å². The van der Waals surface area contributed by atoms with E-state index in [1.54, 1.807) is 6.07 Å². The molecule has 12 heteroatoms. The molecule has 7 nitrogen and oxygen atoms in total. The Morgan fingerprint density at radius 2 is 1.77 bits per heavy atom. The second-order valence-electron chi connectivity index (χ2n) is 5.95. The largest absolute Gasteiger partial charge is 0.452 e. The molecule has 0 aliphatic carbocycles. The van der Waals surface area contributed by atoms with E-state index in [0.717, 1.165) is 12.1 Å². The van der Waals surface area contributed by atoms with Crippen LogP contribution in [0.3, 0.4) is 0 Å². The van der Waals surface area contributed by atoms with E-state index in [4.69, 9.17) is 16.3 Å². The number of hydrogen-bond acceptors (Lipinski definition) is 5. The standard InChI is InChI=1S/C18H16ClF3N2O5S/c1-11(17(26)24-12-7-8-15(19)14(9-12)18(20,21)22)29-16(25)10-23-30(27,28)13-5-3-2-4-6-13/h2-9,11,23H,10H2,1H3,(H,24,26)/t11-/m1/s1. The van der Waals surface area contributed by atoms with Gasteiger partial charge in [0.05, 0.1) is 15.5 Å². The van der Waals surface area contributed by atoms with E-state index in [9.17, 15) is 31.2 Å². The first-order chi connectivity index (χ1) is 13.9. The molecule has 2 aromatic rings. The number of nitrogens with one attached hydrogen (secondary N) is 2. The van der Waals surface area contributed by atoms with Gasteiger partial charge >= 0.3 is 12.1 Å². The van der Waals surface area contributed by atoms with Crippen LogP contribution in [0.4, 0.5) is 18.9 Å². The molecule has 2 aromatic carbocycles. The van der Waals surface area contributed by atoms with E-state index < -0.39 is 51.3 Å². The highest BCUT2D eigenvalue weighted by Gasteiger charge is 2.33. The van der Waals surface area contributed by atoms with Crippen LogP contribution in [-0.2, 0) is 30.5 Å². The van der Waals surface area contributed by atoms with Crippen LogP contribution in [0.1, 0.15) is 12.5 Å². The van der Waals surface area contributed by atoms with Crippen molar-refractivity contribution in [3.05, 3.63) is 59.1 Å². The van der Waals surface area contributed by atoms with Crippen molar-refractivity contribution in [2.24, 2.45) is 0 Å². The molecule has 0 aromatic heterocycles. The highest BCUT2D eigenvalue weighted by atomic mass is 35.5. The predicted molar refractivity (Wildman–Crippen MR) is 102 cm³/mol. The summed E-state index contributed by atoms with van der Waals surface area (Å²) < 4.78 is 69.5. The number of ether oxygens (including phenoxy) is 1. The molecule has 0 unspecified atom stereocenters. The summed E-state index contributed by atoms with van der Waals surface area (Å²) in [6, 6.07) is 10.0. The van der Waals surface area contributed by atoms with Crippen LogP contribution >= 0.6 is 11.6 Å². The summed E-state index contributed by atoms with van der Waals surface area (Å²) in [5, 5.41) is 1.64. The van der Waals surface area contributed by atoms with Gasteiger partial charge in [-0.1, -0.05) is 29.8 Å². The number of amides is 1. The maximum atomic E-state index is 12.9. The Morgan fingerprint density at radius 3 is 2.37 bits per heavy atom. The number of carbonyl (C=O) groups excluding carboxylic acids is 2. The van der Waals surface area contributed by atoms with E-state index in [1.165, 1.54) is 31.2 Å². The molecule has 0 saturated carbocycles. The van der Waals surface area contributed by atoms with Crippen molar-refractivity contribution in [3.8, 4) is 0 Å². The molecular formula is C18H16ClF3N2O5S. The molecule has 0 radical (unpaired) electrons. The fraction of sp³-hybridized carbons (Fsp3) is 0.222. The smallest absolute Gasteiger partial charge is 0.417 e. The molecule has 0 fully saturated rings. The lowest BCUT2D eigenvalue weighted by Gasteiger charge is -2.15. The van der Waals surface area contributed by atoms with Gasteiger partial charge < -0.3 is 10.1 Å². The summed E-state index contributed by atoms with van der Waals surface area (Å²) in [6.07, 6.45) is -6.12. The molecule has 30 heavy (non-hydrogen) atoms.